The van der Waals surface area contributed by atoms with E-state index < -0.39 is 28.6 Å². The van der Waals surface area contributed by atoms with Gasteiger partial charge in [0.1, 0.15) is 4.75 Å². The summed E-state index contributed by atoms with van der Waals surface area (Å²) in [6.45, 7) is 7.06. The molecule has 2 aromatic carbocycles. The second kappa shape index (κ2) is 11.4. The number of hydrogen-bond donors (Lipinski definition) is 0. The summed E-state index contributed by atoms with van der Waals surface area (Å²) in [4.78, 5) is 16.7. The fourth-order valence-corrected chi connectivity index (χ4v) is 9.37. The van der Waals surface area contributed by atoms with Crippen LogP contribution in [-0.4, -0.2) is 48.9 Å². The molecule has 2 heterocycles. The van der Waals surface area contributed by atoms with Crippen LogP contribution in [0.4, 0.5) is 5.69 Å². The van der Waals surface area contributed by atoms with E-state index in [9.17, 15) is 13.2 Å². The van der Waals surface area contributed by atoms with Gasteiger partial charge in [0, 0.05) is 37.6 Å². The third-order valence-corrected chi connectivity index (χ3v) is 13.1. The zero-order valence-corrected chi connectivity index (χ0v) is 25.8. The Hall–Kier alpha value is -2.42. The molecule has 8 heteroatoms. The van der Waals surface area contributed by atoms with Gasteiger partial charge >= 0.3 is 5.97 Å². The van der Waals surface area contributed by atoms with Crippen molar-refractivity contribution < 1.29 is 17.9 Å². The molecule has 1 saturated heterocycles. The number of carbonyl (C=O) groups is 1. The van der Waals surface area contributed by atoms with Crippen LogP contribution < -0.4 is 4.90 Å². The Morgan fingerprint density at radius 2 is 1.53 bits per heavy atom. The quantitative estimate of drug-likeness (QED) is 0.201. The van der Waals surface area contributed by atoms with E-state index in [1.165, 1.54) is 11.3 Å². The average molecular weight is 570 g/mol. The maximum Gasteiger partial charge on any atom is 0.307 e. The highest BCUT2D eigenvalue weighted by atomic mass is 32.2. The first-order valence-electron chi connectivity index (χ1n) is 13.3. The molecule has 4 rings (SSSR count). The first-order valence-corrected chi connectivity index (χ1v) is 19.4. The van der Waals surface area contributed by atoms with Crippen LogP contribution in [0.25, 0.3) is 21.6 Å². The van der Waals surface area contributed by atoms with Crippen molar-refractivity contribution >= 4 is 40.9 Å². The maximum atomic E-state index is 13.5. The average Bonchev–Trinajstić information content (AvgIpc) is 3.35. The van der Waals surface area contributed by atoms with E-state index in [0.29, 0.717) is 19.4 Å². The van der Waals surface area contributed by atoms with Crippen LogP contribution in [0.3, 0.4) is 0 Å². The summed E-state index contributed by atoms with van der Waals surface area (Å²) < 4.78 is 31.3. The number of nitrogens with zero attached hydrogens (tertiary/aromatic N) is 1. The van der Waals surface area contributed by atoms with Crippen molar-refractivity contribution in [3.05, 3.63) is 65.5 Å². The molecule has 0 bridgehead atoms. The van der Waals surface area contributed by atoms with Crippen molar-refractivity contribution in [3.63, 3.8) is 0 Å². The molecule has 0 aliphatic carbocycles. The Labute approximate surface area is 232 Å². The van der Waals surface area contributed by atoms with Crippen LogP contribution in [-0.2, 0) is 24.1 Å². The molecule has 0 saturated carbocycles. The van der Waals surface area contributed by atoms with Gasteiger partial charge in [-0.25, -0.2) is 8.42 Å². The Morgan fingerprint density at radius 1 is 0.921 bits per heavy atom. The molecule has 0 unspecified atom stereocenters. The lowest BCUT2D eigenvalue weighted by Gasteiger charge is -2.35. The molecule has 5 nitrogen and oxygen atoms in total. The predicted molar refractivity (Wildman–Crippen MR) is 163 cm³/mol. The van der Waals surface area contributed by atoms with Crippen molar-refractivity contribution in [2.75, 3.05) is 31.4 Å². The van der Waals surface area contributed by atoms with E-state index >= 15 is 0 Å². The number of benzene rings is 2. The molecule has 0 radical (unpaired) electrons. The van der Waals surface area contributed by atoms with Gasteiger partial charge in [-0.2, -0.15) is 0 Å². The number of sulfone groups is 1. The summed E-state index contributed by atoms with van der Waals surface area (Å²) in [6, 6.07) is 21.6. The Bertz CT molecular complexity index is 1360. The van der Waals surface area contributed by atoms with Crippen LogP contribution in [0.15, 0.2) is 60.7 Å². The topological polar surface area (TPSA) is 63.7 Å². The fourth-order valence-electron chi connectivity index (χ4n) is 4.89. The minimum atomic E-state index is -3.49. The highest BCUT2D eigenvalue weighted by Crippen LogP contribution is 2.47. The minimum absolute atomic E-state index is 0.108. The summed E-state index contributed by atoms with van der Waals surface area (Å²) in [7, 11) is -0.789. The van der Waals surface area contributed by atoms with E-state index in [-0.39, 0.29) is 12.2 Å². The number of rotatable bonds is 9. The third-order valence-electron chi connectivity index (χ3n) is 7.33. The van der Waals surface area contributed by atoms with Crippen molar-refractivity contribution in [2.24, 2.45) is 0 Å². The van der Waals surface area contributed by atoms with Crippen LogP contribution in [0, 0.1) is 0 Å². The van der Waals surface area contributed by atoms with Gasteiger partial charge in [0.15, 0.2) is 9.84 Å². The van der Waals surface area contributed by atoms with E-state index in [1.54, 1.807) is 0 Å². The smallest absolute Gasteiger partial charge is 0.307 e. The lowest BCUT2D eigenvalue weighted by Crippen LogP contribution is -2.42. The van der Waals surface area contributed by atoms with Crippen LogP contribution >= 0.6 is 11.3 Å². The molecule has 1 atom stereocenters. The monoisotopic (exact) mass is 569 g/mol. The Morgan fingerprint density at radius 3 is 2.11 bits per heavy atom. The zero-order valence-electron chi connectivity index (χ0n) is 23.1. The summed E-state index contributed by atoms with van der Waals surface area (Å²) in [5.74, 6) is -0.294. The Balaban J connectivity index is 1.57. The van der Waals surface area contributed by atoms with Gasteiger partial charge < -0.3 is 9.64 Å². The van der Waals surface area contributed by atoms with Gasteiger partial charge in [0.05, 0.1) is 18.8 Å². The largest absolute Gasteiger partial charge is 0.466 e. The number of ether oxygens (including phenoxy) is 1. The molecule has 204 valence electrons. The lowest BCUT2D eigenvalue weighted by molar-refractivity contribution is -0.144. The molecule has 38 heavy (non-hydrogen) atoms. The number of esters is 1. The predicted octanol–water partition coefficient (Wildman–Crippen LogP) is 7.21. The molecule has 0 N–H and O–H groups in total. The third kappa shape index (κ3) is 6.41. The van der Waals surface area contributed by atoms with Gasteiger partial charge in [0.25, 0.3) is 0 Å². The van der Waals surface area contributed by atoms with Gasteiger partial charge in [-0.05, 0) is 59.8 Å². The van der Waals surface area contributed by atoms with Crippen LogP contribution in [0.1, 0.15) is 30.6 Å². The Kier molecular flexibility index (Phi) is 8.55. The number of anilines is 1. The molecular weight excluding hydrogens is 531 g/mol. The lowest BCUT2D eigenvalue weighted by atomic mass is 9.95. The van der Waals surface area contributed by atoms with E-state index in [2.05, 4.69) is 73.1 Å². The second-order valence-electron chi connectivity index (χ2n) is 11.7. The molecule has 1 aromatic heterocycles. The SMILES string of the molecule is CN(C)c1ccc(-c2ccc(-c3ccc([C@@]4(CC(=O)OCC[Si](C)(C)C)CCCCS4(=O)=O)s3)cc2)cc1. The minimum Gasteiger partial charge on any atom is -0.466 e. The molecule has 1 aliphatic rings. The van der Waals surface area contributed by atoms with Gasteiger partial charge in [-0.3, -0.25) is 4.79 Å². The highest BCUT2D eigenvalue weighted by Gasteiger charge is 2.49. The van der Waals surface area contributed by atoms with Crippen molar-refractivity contribution in [3.8, 4) is 21.6 Å². The first kappa shape index (κ1) is 28.6. The highest BCUT2D eigenvalue weighted by molar-refractivity contribution is 7.92. The number of thiophene rings is 1. The standard InChI is InChI=1S/C30H39NO4S2Si/c1-31(2)26-14-12-24(13-15-26)23-8-10-25(11-9-23)27-16-17-28(36-27)30(18-6-7-20-37(30,33)34)22-29(32)35-19-21-38(3,4)5/h8-17H,6-7,18-22H2,1-5H3/t30-/m0/s1. The fraction of sp³-hybridized carbons (Fsp3) is 0.433. The second-order valence-corrected chi connectivity index (χ2v) is 20.8. The molecule has 1 fully saturated rings. The van der Waals surface area contributed by atoms with Crippen LogP contribution in [0.2, 0.25) is 25.7 Å². The summed E-state index contributed by atoms with van der Waals surface area (Å²) in [5.41, 5.74) is 4.47. The van der Waals surface area contributed by atoms with Crippen LogP contribution in [0.5, 0.6) is 0 Å². The molecule has 3 aromatic rings. The molecule has 0 spiro atoms. The van der Waals surface area contributed by atoms with Crippen molar-refractivity contribution in [2.45, 2.75) is 56.1 Å². The van der Waals surface area contributed by atoms with Crippen molar-refractivity contribution in [1.82, 2.24) is 0 Å². The first-order chi connectivity index (χ1) is 17.9. The summed E-state index contributed by atoms with van der Waals surface area (Å²) in [5, 5.41) is 0. The zero-order chi connectivity index (χ0) is 27.6. The van der Waals surface area contributed by atoms with Gasteiger partial charge in [-0.1, -0.05) is 62.5 Å². The van der Waals surface area contributed by atoms with Gasteiger partial charge in [0.2, 0.25) is 0 Å². The number of carbonyl (C=O) groups excluding carboxylic acids is 1. The summed E-state index contributed by atoms with van der Waals surface area (Å²) in [6.07, 6.45) is 1.78. The normalized spacial score (nSPS) is 19.2. The molecular formula is C30H39NO4S2Si. The van der Waals surface area contributed by atoms with E-state index in [1.807, 2.05) is 26.2 Å². The van der Waals surface area contributed by atoms with E-state index in [0.717, 1.165) is 44.6 Å². The van der Waals surface area contributed by atoms with Gasteiger partial charge in [-0.15, -0.1) is 11.3 Å². The maximum absolute atomic E-state index is 13.5. The summed E-state index contributed by atoms with van der Waals surface area (Å²) >= 11 is 1.48. The number of hydrogen-bond acceptors (Lipinski definition) is 6. The molecule has 0 amide bonds. The molecule has 1 aliphatic heterocycles. The van der Waals surface area contributed by atoms with Crippen molar-refractivity contribution in [1.29, 1.82) is 0 Å². The van der Waals surface area contributed by atoms with E-state index in [4.69, 9.17) is 4.74 Å².